The molecule has 1 unspecified atom stereocenters. The average molecular weight is 315 g/mol. The van der Waals surface area contributed by atoms with Crippen LogP contribution in [0.5, 0.6) is 0 Å². The number of para-hydroxylation sites is 1. The van der Waals surface area contributed by atoms with Crippen LogP contribution in [0.1, 0.15) is 29.6 Å². The van der Waals surface area contributed by atoms with Crippen molar-refractivity contribution >= 4 is 35.0 Å². The Morgan fingerprint density at radius 2 is 2.30 bits per heavy atom. The third kappa shape index (κ3) is 3.64. The smallest absolute Gasteiger partial charge is 0.300 e. The fourth-order valence-electron chi connectivity index (χ4n) is 2.15. The maximum atomic E-state index is 12.1. The van der Waals surface area contributed by atoms with Gasteiger partial charge in [0.1, 0.15) is 10.6 Å². The molecule has 0 aliphatic carbocycles. The first-order valence-corrected chi connectivity index (χ1v) is 7.85. The van der Waals surface area contributed by atoms with Gasteiger partial charge in [-0.1, -0.05) is 24.1 Å². The molecule has 0 spiro atoms. The van der Waals surface area contributed by atoms with Crippen LogP contribution in [0, 0.1) is 10.1 Å². The van der Waals surface area contributed by atoms with Crippen molar-refractivity contribution in [2.24, 2.45) is 0 Å². The number of carbonyl (C=O) groups excluding carboxylic acids is 1. The van der Waals surface area contributed by atoms with Gasteiger partial charge in [-0.2, -0.15) is 11.8 Å². The standard InChI is InChI=1S/C13H15ClN2O3S/c14-11-6-3-5-10(12(11)16(18)19)13(17)15-8-9-4-1-2-7-20-9/h3,5-6,9H,1-2,4,7-8H2,(H,15,17). The van der Waals surface area contributed by atoms with Crippen LogP contribution >= 0.6 is 23.4 Å². The minimum atomic E-state index is -0.618. The van der Waals surface area contributed by atoms with Crippen molar-refractivity contribution in [1.29, 1.82) is 0 Å². The number of nitrogens with one attached hydrogen (secondary N) is 1. The molecule has 1 saturated heterocycles. The largest absolute Gasteiger partial charge is 0.351 e. The molecule has 1 aliphatic heterocycles. The summed E-state index contributed by atoms with van der Waals surface area (Å²) in [5, 5.41) is 14.1. The van der Waals surface area contributed by atoms with Crippen molar-refractivity contribution in [3.8, 4) is 0 Å². The Bertz CT molecular complexity index is 518. The summed E-state index contributed by atoms with van der Waals surface area (Å²) in [5.74, 6) is 0.670. The first-order valence-electron chi connectivity index (χ1n) is 6.42. The Kier molecular flexibility index (Phi) is 5.25. The molecule has 1 N–H and O–H groups in total. The monoisotopic (exact) mass is 314 g/mol. The fraction of sp³-hybridized carbons (Fsp3) is 0.462. The van der Waals surface area contributed by atoms with Crippen molar-refractivity contribution in [3.05, 3.63) is 38.9 Å². The molecule has 0 aromatic heterocycles. The molecule has 108 valence electrons. The summed E-state index contributed by atoms with van der Waals surface area (Å²) in [5.41, 5.74) is -0.314. The summed E-state index contributed by atoms with van der Waals surface area (Å²) in [6, 6.07) is 4.38. The summed E-state index contributed by atoms with van der Waals surface area (Å²) in [4.78, 5) is 22.5. The van der Waals surface area contributed by atoms with Gasteiger partial charge in [0.2, 0.25) is 0 Å². The summed E-state index contributed by atoms with van der Waals surface area (Å²) >= 11 is 7.63. The van der Waals surface area contributed by atoms with E-state index in [4.69, 9.17) is 11.6 Å². The molecule has 1 aliphatic rings. The molecule has 1 amide bonds. The van der Waals surface area contributed by atoms with E-state index in [1.54, 1.807) is 6.07 Å². The summed E-state index contributed by atoms with van der Waals surface area (Å²) in [7, 11) is 0. The van der Waals surface area contributed by atoms with Crippen LogP contribution in [0.25, 0.3) is 0 Å². The van der Waals surface area contributed by atoms with E-state index in [2.05, 4.69) is 5.32 Å². The number of rotatable bonds is 4. The molecular formula is C13H15ClN2O3S. The van der Waals surface area contributed by atoms with Gasteiger partial charge in [-0.15, -0.1) is 0 Å². The van der Waals surface area contributed by atoms with Crippen LogP contribution in [0.3, 0.4) is 0 Å². The minimum absolute atomic E-state index is 0.0170. The van der Waals surface area contributed by atoms with E-state index in [9.17, 15) is 14.9 Å². The van der Waals surface area contributed by atoms with E-state index < -0.39 is 10.8 Å². The number of hydrogen-bond donors (Lipinski definition) is 1. The molecule has 1 aromatic rings. The first kappa shape index (κ1) is 15.1. The molecule has 5 nitrogen and oxygen atoms in total. The lowest BCUT2D eigenvalue weighted by Crippen LogP contribution is -2.32. The first-order chi connectivity index (χ1) is 9.59. The van der Waals surface area contributed by atoms with Gasteiger partial charge >= 0.3 is 5.69 Å². The maximum absolute atomic E-state index is 12.1. The predicted molar refractivity (Wildman–Crippen MR) is 80.5 cm³/mol. The Balaban J connectivity index is 2.05. The number of nitro benzene ring substituents is 1. The number of nitro groups is 1. The molecule has 1 atom stereocenters. The Morgan fingerprint density at radius 1 is 1.50 bits per heavy atom. The van der Waals surface area contributed by atoms with Gasteiger partial charge < -0.3 is 5.32 Å². The summed E-state index contributed by atoms with van der Waals surface area (Å²) in [6.45, 7) is 0.535. The molecule has 0 saturated carbocycles. The molecule has 0 bridgehead atoms. The molecule has 1 heterocycles. The highest BCUT2D eigenvalue weighted by molar-refractivity contribution is 7.99. The normalized spacial score (nSPS) is 18.6. The van der Waals surface area contributed by atoms with E-state index in [1.807, 2.05) is 11.8 Å². The predicted octanol–water partition coefficient (Wildman–Crippen LogP) is 3.26. The Morgan fingerprint density at radius 3 is 2.95 bits per heavy atom. The van der Waals surface area contributed by atoms with Gasteiger partial charge in [0.15, 0.2) is 0 Å². The zero-order valence-electron chi connectivity index (χ0n) is 10.8. The molecular weight excluding hydrogens is 300 g/mol. The molecule has 20 heavy (non-hydrogen) atoms. The number of halogens is 1. The third-order valence-electron chi connectivity index (χ3n) is 3.18. The zero-order valence-corrected chi connectivity index (χ0v) is 12.4. The number of thioether (sulfide) groups is 1. The number of amides is 1. The van der Waals surface area contributed by atoms with Crippen molar-refractivity contribution in [1.82, 2.24) is 5.32 Å². The van der Waals surface area contributed by atoms with Crippen molar-refractivity contribution in [3.63, 3.8) is 0 Å². The highest BCUT2D eigenvalue weighted by Crippen LogP contribution is 2.28. The molecule has 2 rings (SSSR count). The third-order valence-corrected chi connectivity index (χ3v) is 4.88. The van der Waals surface area contributed by atoms with Gasteiger partial charge in [-0.3, -0.25) is 14.9 Å². The summed E-state index contributed by atoms with van der Waals surface area (Å²) in [6.07, 6.45) is 3.46. The van der Waals surface area contributed by atoms with Crippen LogP contribution in [0.2, 0.25) is 5.02 Å². The lowest BCUT2D eigenvalue weighted by molar-refractivity contribution is -0.385. The van der Waals surface area contributed by atoms with Crippen molar-refractivity contribution < 1.29 is 9.72 Å². The summed E-state index contributed by atoms with van der Waals surface area (Å²) < 4.78 is 0. The van der Waals surface area contributed by atoms with Crippen LogP contribution in [0.4, 0.5) is 5.69 Å². The molecule has 7 heteroatoms. The molecule has 0 radical (unpaired) electrons. The number of carbonyl (C=O) groups is 1. The van der Waals surface area contributed by atoms with E-state index in [0.29, 0.717) is 11.8 Å². The minimum Gasteiger partial charge on any atom is -0.351 e. The second kappa shape index (κ2) is 6.95. The van der Waals surface area contributed by atoms with Crippen LogP contribution < -0.4 is 5.32 Å². The highest BCUT2D eigenvalue weighted by atomic mass is 35.5. The van der Waals surface area contributed by atoms with E-state index in [1.165, 1.54) is 25.0 Å². The van der Waals surface area contributed by atoms with Crippen molar-refractivity contribution in [2.75, 3.05) is 12.3 Å². The Hall–Kier alpha value is -1.27. The topological polar surface area (TPSA) is 72.2 Å². The maximum Gasteiger partial charge on any atom is 0.300 e. The van der Waals surface area contributed by atoms with Gasteiger partial charge in [0.05, 0.1) is 4.92 Å². The van der Waals surface area contributed by atoms with E-state index in [-0.39, 0.29) is 16.3 Å². The highest BCUT2D eigenvalue weighted by Gasteiger charge is 2.24. The van der Waals surface area contributed by atoms with E-state index >= 15 is 0 Å². The number of benzene rings is 1. The van der Waals surface area contributed by atoms with Gasteiger partial charge in [-0.05, 0) is 30.7 Å². The van der Waals surface area contributed by atoms with Crippen LogP contribution in [0.15, 0.2) is 18.2 Å². The van der Waals surface area contributed by atoms with Crippen molar-refractivity contribution in [2.45, 2.75) is 24.5 Å². The molecule has 1 aromatic carbocycles. The molecule has 1 fully saturated rings. The average Bonchev–Trinajstić information content (AvgIpc) is 2.45. The lowest BCUT2D eigenvalue weighted by Gasteiger charge is -2.21. The number of nitrogens with zero attached hydrogens (tertiary/aromatic N) is 1. The zero-order chi connectivity index (χ0) is 14.5. The van der Waals surface area contributed by atoms with Gasteiger partial charge in [0, 0.05) is 11.8 Å². The SMILES string of the molecule is O=C(NCC1CCCCS1)c1cccc(Cl)c1[N+](=O)[O-]. The lowest BCUT2D eigenvalue weighted by atomic mass is 10.1. The fourth-order valence-corrected chi connectivity index (χ4v) is 3.64. The second-order valence-corrected chi connectivity index (χ2v) is 6.41. The second-order valence-electron chi connectivity index (χ2n) is 4.59. The van der Waals surface area contributed by atoms with E-state index in [0.717, 1.165) is 12.2 Å². The van der Waals surface area contributed by atoms with Crippen LogP contribution in [-0.4, -0.2) is 28.4 Å². The quantitative estimate of drug-likeness (QED) is 0.684. The van der Waals surface area contributed by atoms with Gasteiger partial charge in [0.25, 0.3) is 5.91 Å². The number of hydrogen-bond acceptors (Lipinski definition) is 4. The van der Waals surface area contributed by atoms with Gasteiger partial charge in [-0.25, -0.2) is 0 Å². The Labute approximate surface area is 126 Å². The van der Waals surface area contributed by atoms with Crippen LogP contribution in [-0.2, 0) is 0 Å².